The average molecular weight is 355 g/mol. The first-order chi connectivity index (χ1) is 12.6. The van der Waals surface area contributed by atoms with E-state index in [0.29, 0.717) is 28.4 Å². The molecule has 2 aromatic carbocycles. The number of carbonyl (C=O) groups excluding carboxylic acids is 1. The van der Waals surface area contributed by atoms with Gasteiger partial charge in [-0.15, -0.1) is 5.10 Å². The molecule has 1 heterocycles. The number of anilines is 1. The predicted octanol–water partition coefficient (Wildman–Crippen LogP) is 3.01. The second-order valence-electron chi connectivity index (χ2n) is 5.20. The predicted molar refractivity (Wildman–Crippen MR) is 93.8 cm³/mol. The number of ether oxygens (including phenoxy) is 3. The van der Waals surface area contributed by atoms with Crippen LogP contribution in [0, 0.1) is 0 Å². The van der Waals surface area contributed by atoms with E-state index >= 15 is 0 Å². The van der Waals surface area contributed by atoms with Crippen molar-refractivity contribution in [2.45, 2.75) is 0 Å². The molecule has 8 nitrogen and oxygen atoms in total. The maximum Gasteiger partial charge on any atom is 0.322 e. The minimum atomic E-state index is -0.424. The highest BCUT2D eigenvalue weighted by molar-refractivity contribution is 6.03. The third-order valence-electron chi connectivity index (χ3n) is 3.60. The van der Waals surface area contributed by atoms with Crippen molar-refractivity contribution in [2.24, 2.45) is 0 Å². The fourth-order valence-electron chi connectivity index (χ4n) is 2.23. The molecule has 1 aromatic heterocycles. The van der Waals surface area contributed by atoms with Gasteiger partial charge in [0.2, 0.25) is 5.89 Å². The molecule has 0 atom stereocenters. The molecule has 3 rings (SSSR count). The largest absolute Gasteiger partial charge is 0.497 e. The van der Waals surface area contributed by atoms with Gasteiger partial charge in [0.25, 0.3) is 5.91 Å². The van der Waals surface area contributed by atoms with Gasteiger partial charge in [-0.2, -0.15) is 0 Å². The van der Waals surface area contributed by atoms with Crippen LogP contribution >= 0.6 is 0 Å². The first kappa shape index (κ1) is 17.3. The Morgan fingerprint density at radius 2 is 1.50 bits per heavy atom. The van der Waals surface area contributed by atoms with E-state index in [1.165, 1.54) is 14.2 Å². The molecule has 1 amide bonds. The lowest BCUT2D eigenvalue weighted by Crippen LogP contribution is -2.12. The van der Waals surface area contributed by atoms with Gasteiger partial charge < -0.3 is 18.6 Å². The summed E-state index contributed by atoms with van der Waals surface area (Å²) in [5.41, 5.74) is 1.05. The van der Waals surface area contributed by atoms with E-state index in [4.69, 9.17) is 18.6 Å². The molecule has 134 valence electrons. The number of benzene rings is 2. The SMILES string of the molecule is COc1ccc(-c2nnc(NC(=O)c3cc(OC)cc(OC)c3)o2)cc1. The summed E-state index contributed by atoms with van der Waals surface area (Å²) in [6.45, 7) is 0. The Morgan fingerprint density at radius 1 is 0.885 bits per heavy atom. The van der Waals surface area contributed by atoms with Gasteiger partial charge in [-0.3, -0.25) is 10.1 Å². The topological polar surface area (TPSA) is 95.7 Å². The van der Waals surface area contributed by atoms with Gasteiger partial charge in [-0.1, -0.05) is 5.10 Å². The molecule has 0 saturated carbocycles. The standard InChI is InChI=1S/C18H17N3O5/c1-23-13-6-4-11(5-7-13)17-20-21-18(26-17)19-16(22)12-8-14(24-2)10-15(9-12)25-3/h4-10H,1-3H3,(H,19,21,22). The molecule has 0 aliphatic heterocycles. The summed E-state index contributed by atoms with van der Waals surface area (Å²) >= 11 is 0. The summed E-state index contributed by atoms with van der Waals surface area (Å²) in [6, 6.07) is 11.9. The summed E-state index contributed by atoms with van der Waals surface area (Å²) < 4.78 is 20.9. The normalized spacial score (nSPS) is 10.3. The van der Waals surface area contributed by atoms with Crippen molar-refractivity contribution >= 4 is 11.9 Å². The average Bonchev–Trinajstić information content (AvgIpc) is 3.15. The molecule has 0 aliphatic rings. The molecule has 0 fully saturated rings. The molecule has 3 aromatic rings. The van der Waals surface area contributed by atoms with Crippen LogP contribution in [0.1, 0.15) is 10.4 Å². The van der Waals surface area contributed by atoms with Crippen LogP contribution in [-0.2, 0) is 0 Å². The monoisotopic (exact) mass is 355 g/mol. The van der Waals surface area contributed by atoms with E-state index in [0.717, 1.165) is 0 Å². The summed E-state index contributed by atoms with van der Waals surface area (Å²) in [4.78, 5) is 12.4. The van der Waals surface area contributed by atoms with Crippen LogP contribution in [-0.4, -0.2) is 37.4 Å². The maximum absolute atomic E-state index is 12.4. The fourth-order valence-corrected chi connectivity index (χ4v) is 2.23. The molecule has 0 bridgehead atoms. The molecule has 0 unspecified atom stereocenters. The molecule has 0 radical (unpaired) electrons. The molecular weight excluding hydrogens is 338 g/mol. The van der Waals surface area contributed by atoms with Crippen molar-refractivity contribution in [3.05, 3.63) is 48.0 Å². The summed E-state index contributed by atoms with van der Waals surface area (Å²) in [7, 11) is 4.61. The van der Waals surface area contributed by atoms with Crippen LogP contribution in [0.2, 0.25) is 0 Å². The summed E-state index contributed by atoms with van der Waals surface area (Å²) in [5, 5.41) is 10.3. The van der Waals surface area contributed by atoms with Crippen molar-refractivity contribution in [1.82, 2.24) is 10.2 Å². The number of rotatable bonds is 6. The van der Waals surface area contributed by atoms with Crippen molar-refractivity contribution in [1.29, 1.82) is 0 Å². The number of amides is 1. The van der Waals surface area contributed by atoms with Crippen LogP contribution in [0.5, 0.6) is 17.2 Å². The van der Waals surface area contributed by atoms with E-state index in [1.54, 1.807) is 49.6 Å². The molecule has 1 N–H and O–H groups in total. The quantitative estimate of drug-likeness (QED) is 0.726. The van der Waals surface area contributed by atoms with Gasteiger partial charge in [0, 0.05) is 17.2 Å². The third-order valence-corrected chi connectivity index (χ3v) is 3.60. The molecular formula is C18H17N3O5. The van der Waals surface area contributed by atoms with Gasteiger partial charge in [0.05, 0.1) is 21.3 Å². The summed E-state index contributed by atoms with van der Waals surface area (Å²) in [5.74, 6) is 1.57. The second kappa shape index (κ2) is 7.56. The minimum Gasteiger partial charge on any atom is -0.497 e. The van der Waals surface area contributed by atoms with Gasteiger partial charge in [0.15, 0.2) is 0 Å². The first-order valence-corrected chi connectivity index (χ1v) is 7.65. The highest BCUT2D eigenvalue weighted by atomic mass is 16.5. The number of methoxy groups -OCH3 is 3. The molecule has 0 spiro atoms. The highest BCUT2D eigenvalue weighted by Gasteiger charge is 2.15. The van der Waals surface area contributed by atoms with Crippen LogP contribution in [0.25, 0.3) is 11.5 Å². The lowest BCUT2D eigenvalue weighted by molar-refractivity contribution is 0.102. The highest BCUT2D eigenvalue weighted by Crippen LogP contribution is 2.25. The smallest absolute Gasteiger partial charge is 0.322 e. The molecule has 0 aliphatic carbocycles. The molecule has 8 heteroatoms. The maximum atomic E-state index is 12.4. The Labute approximate surface area is 149 Å². The van der Waals surface area contributed by atoms with Gasteiger partial charge in [0.1, 0.15) is 17.2 Å². The lowest BCUT2D eigenvalue weighted by Gasteiger charge is -2.07. The van der Waals surface area contributed by atoms with Crippen molar-refractivity contribution in [2.75, 3.05) is 26.6 Å². The molecule has 26 heavy (non-hydrogen) atoms. The van der Waals surface area contributed by atoms with Crippen molar-refractivity contribution in [3.8, 4) is 28.7 Å². The van der Waals surface area contributed by atoms with Crippen LogP contribution in [0.15, 0.2) is 46.9 Å². The Kier molecular flexibility index (Phi) is 5.02. The van der Waals surface area contributed by atoms with E-state index in [2.05, 4.69) is 15.5 Å². The Hall–Kier alpha value is -3.55. The zero-order valence-electron chi connectivity index (χ0n) is 14.5. The Balaban J connectivity index is 1.77. The number of nitrogens with zero attached hydrogens (tertiary/aromatic N) is 2. The molecule has 0 saturated heterocycles. The lowest BCUT2D eigenvalue weighted by atomic mass is 10.2. The van der Waals surface area contributed by atoms with Gasteiger partial charge >= 0.3 is 6.01 Å². The fraction of sp³-hybridized carbons (Fsp3) is 0.167. The number of hydrogen-bond acceptors (Lipinski definition) is 7. The van der Waals surface area contributed by atoms with Crippen LogP contribution in [0.3, 0.4) is 0 Å². The van der Waals surface area contributed by atoms with E-state index in [1.807, 2.05) is 0 Å². The van der Waals surface area contributed by atoms with Crippen LogP contribution < -0.4 is 19.5 Å². The van der Waals surface area contributed by atoms with E-state index in [-0.39, 0.29) is 11.9 Å². The second-order valence-corrected chi connectivity index (χ2v) is 5.20. The number of hydrogen-bond donors (Lipinski definition) is 1. The first-order valence-electron chi connectivity index (χ1n) is 7.65. The van der Waals surface area contributed by atoms with Gasteiger partial charge in [-0.25, -0.2) is 0 Å². The Morgan fingerprint density at radius 3 is 2.08 bits per heavy atom. The van der Waals surface area contributed by atoms with Gasteiger partial charge in [-0.05, 0) is 36.4 Å². The van der Waals surface area contributed by atoms with Crippen molar-refractivity contribution < 1.29 is 23.4 Å². The van der Waals surface area contributed by atoms with E-state index in [9.17, 15) is 4.79 Å². The Bertz CT molecular complexity index is 883. The minimum absolute atomic E-state index is 0.0115. The zero-order chi connectivity index (χ0) is 18.5. The third kappa shape index (κ3) is 3.75. The number of carbonyl (C=O) groups is 1. The van der Waals surface area contributed by atoms with E-state index < -0.39 is 5.91 Å². The zero-order valence-corrected chi connectivity index (χ0v) is 14.5. The summed E-state index contributed by atoms with van der Waals surface area (Å²) in [6.07, 6.45) is 0. The van der Waals surface area contributed by atoms with Crippen molar-refractivity contribution in [3.63, 3.8) is 0 Å². The number of nitrogens with one attached hydrogen (secondary N) is 1. The number of aromatic nitrogens is 2. The van der Waals surface area contributed by atoms with Crippen LogP contribution in [0.4, 0.5) is 6.01 Å².